The largest absolute Gasteiger partial charge is 0.370 e. The molecule has 4 heteroatoms. The first-order valence-electron chi connectivity index (χ1n) is 5.79. The van der Waals surface area contributed by atoms with Crippen molar-refractivity contribution in [1.29, 1.82) is 0 Å². The van der Waals surface area contributed by atoms with Gasteiger partial charge in [0.05, 0.1) is 18.8 Å². The minimum absolute atomic E-state index is 0.229. The predicted molar refractivity (Wildman–Crippen MR) is 59.5 cm³/mol. The van der Waals surface area contributed by atoms with Crippen LogP contribution in [0.3, 0.4) is 0 Å². The molecule has 1 saturated heterocycles. The van der Waals surface area contributed by atoms with Crippen LogP contribution >= 0.6 is 0 Å². The van der Waals surface area contributed by atoms with E-state index in [0.29, 0.717) is 32.7 Å². The van der Waals surface area contributed by atoms with Crippen LogP contribution in [0.4, 0.5) is 0 Å². The molecule has 0 aromatic carbocycles. The van der Waals surface area contributed by atoms with Crippen molar-refractivity contribution >= 4 is 5.91 Å². The average molecular weight is 214 g/mol. The van der Waals surface area contributed by atoms with E-state index in [2.05, 4.69) is 6.92 Å². The van der Waals surface area contributed by atoms with Gasteiger partial charge in [-0.2, -0.15) is 0 Å². The van der Waals surface area contributed by atoms with Crippen LogP contribution in [0, 0.1) is 0 Å². The highest BCUT2D eigenvalue weighted by Crippen LogP contribution is 2.21. The van der Waals surface area contributed by atoms with Crippen LogP contribution in [-0.4, -0.2) is 42.6 Å². The van der Waals surface area contributed by atoms with Crippen molar-refractivity contribution in [3.05, 3.63) is 0 Å². The summed E-state index contributed by atoms with van der Waals surface area (Å²) in [5.41, 5.74) is 5.42. The lowest BCUT2D eigenvalue weighted by atomic mass is 9.98. The first kappa shape index (κ1) is 12.5. The van der Waals surface area contributed by atoms with Crippen LogP contribution in [0.15, 0.2) is 0 Å². The molecule has 0 saturated carbocycles. The van der Waals surface area contributed by atoms with Crippen molar-refractivity contribution in [1.82, 2.24) is 4.90 Å². The maximum atomic E-state index is 11.7. The number of hydrogen-bond acceptors (Lipinski definition) is 3. The Morgan fingerprint density at radius 3 is 2.80 bits per heavy atom. The van der Waals surface area contributed by atoms with Gasteiger partial charge in [0, 0.05) is 19.5 Å². The third-order valence-corrected chi connectivity index (χ3v) is 3.08. The third-order valence-electron chi connectivity index (χ3n) is 3.08. The van der Waals surface area contributed by atoms with E-state index >= 15 is 0 Å². The average Bonchev–Trinajstić information content (AvgIpc) is 2.29. The molecule has 15 heavy (non-hydrogen) atoms. The normalized spacial score (nSPS) is 26.7. The van der Waals surface area contributed by atoms with Gasteiger partial charge in [-0.25, -0.2) is 0 Å². The minimum atomic E-state index is -0.304. The number of rotatable bonds is 4. The van der Waals surface area contributed by atoms with Crippen molar-refractivity contribution in [2.45, 2.75) is 38.7 Å². The van der Waals surface area contributed by atoms with E-state index in [9.17, 15) is 4.79 Å². The number of nitrogens with two attached hydrogens (primary N) is 1. The molecule has 4 nitrogen and oxygen atoms in total. The lowest BCUT2D eigenvalue weighted by Gasteiger charge is -2.41. The molecule has 1 aliphatic heterocycles. The topological polar surface area (TPSA) is 55.6 Å². The molecule has 0 aliphatic carbocycles. The Balaban J connectivity index is 2.58. The van der Waals surface area contributed by atoms with Gasteiger partial charge in [-0.05, 0) is 12.8 Å². The van der Waals surface area contributed by atoms with Gasteiger partial charge >= 0.3 is 0 Å². The second kappa shape index (κ2) is 5.47. The molecule has 1 fully saturated rings. The Morgan fingerprint density at radius 2 is 2.27 bits per heavy atom. The minimum Gasteiger partial charge on any atom is -0.370 e. The molecule has 2 N–H and O–H groups in total. The van der Waals surface area contributed by atoms with E-state index in [1.807, 2.05) is 11.8 Å². The van der Waals surface area contributed by atoms with Gasteiger partial charge < -0.3 is 15.4 Å². The number of carbonyl (C=O) groups excluding carboxylic acids is 1. The quantitative estimate of drug-likeness (QED) is 0.751. The molecule has 0 aromatic rings. The maximum Gasteiger partial charge on any atom is 0.222 e. The lowest BCUT2D eigenvalue weighted by molar-refractivity contribution is -0.149. The summed E-state index contributed by atoms with van der Waals surface area (Å²) in [5, 5.41) is 0. The fourth-order valence-electron chi connectivity index (χ4n) is 1.91. The maximum absolute atomic E-state index is 11.7. The molecule has 0 bridgehead atoms. The summed E-state index contributed by atoms with van der Waals surface area (Å²) in [6, 6.07) is 0. The van der Waals surface area contributed by atoms with Crippen LogP contribution in [0.25, 0.3) is 0 Å². The monoisotopic (exact) mass is 214 g/mol. The molecule has 1 amide bonds. The molecular formula is C11H22N2O2. The predicted octanol–water partition coefficient (Wildman–Crippen LogP) is 0.753. The zero-order chi connectivity index (χ0) is 11.3. The number of ether oxygens (including phenoxy) is 1. The summed E-state index contributed by atoms with van der Waals surface area (Å²) in [5.74, 6) is 0.229. The molecule has 88 valence electrons. The number of amides is 1. The van der Waals surface area contributed by atoms with Gasteiger partial charge in [0.1, 0.15) is 0 Å². The van der Waals surface area contributed by atoms with E-state index in [4.69, 9.17) is 10.5 Å². The summed E-state index contributed by atoms with van der Waals surface area (Å²) in [7, 11) is 0. The molecular weight excluding hydrogens is 192 g/mol. The van der Waals surface area contributed by atoms with Gasteiger partial charge in [0.15, 0.2) is 0 Å². The number of nitrogens with zero attached hydrogens (tertiary/aromatic N) is 1. The van der Waals surface area contributed by atoms with Gasteiger partial charge in [-0.3, -0.25) is 4.79 Å². The third kappa shape index (κ3) is 2.92. The summed E-state index contributed by atoms with van der Waals surface area (Å²) in [6.45, 7) is 6.54. The van der Waals surface area contributed by atoms with Crippen molar-refractivity contribution in [3.8, 4) is 0 Å². The first-order chi connectivity index (χ1) is 7.17. The van der Waals surface area contributed by atoms with Crippen molar-refractivity contribution in [2.75, 3.05) is 26.2 Å². The summed E-state index contributed by atoms with van der Waals surface area (Å²) in [6.07, 6.45) is 2.39. The summed E-state index contributed by atoms with van der Waals surface area (Å²) < 4.78 is 5.70. The molecule has 1 rings (SSSR count). The zero-order valence-corrected chi connectivity index (χ0v) is 9.79. The second-order valence-electron chi connectivity index (χ2n) is 4.15. The molecule has 0 spiro atoms. The van der Waals surface area contributed by atoms with Gasteiger partial charge in [0.2, 0.25) is 5.91 Å². The summed E-state index contributed by atoms with van der Waals surface area (Å²) >= 11 is 0. The van der Waals surface area contributed by atoms with E-state index < -0.39 is 0 Å². The van der Waals surface area contributed by atoms with E-state index in [0.717, 1.165) is 12.8 Å². The van der Waals surface area contributed by atoms with Crippen LogP contribution in [0.2, 0.25) is 0 Å². The number of morpholine rings is 1. The van der Waals surface area contributed by atoms with Crippen LogP contribution in [0.5, 0.6) is 0 Å². The second-order valence-corrected chi connectivity index (χ2v) is 4.15. The van der Waals surface area contributed by atoms with Gasteiger partial charge in [0.25, 0.3) is 0 Å². The Labute approximate surface area is 91.8 Å². The highest BCUT2D eigenvalue weighted by Gasteiger charge is 2.35. The number of carbonyl (C=O) groups is 1. The fourth-order valence-corrected chi connectivity index (χ4v) is 1.91. The summed E-state index contributed by atoms with van der Waals surface area (Å²) in [4.78, 5) is 13.6. The Hall–Kier alpha value is -0.610. The van der Waals surface area contributed by atoms with E-state index in [-0.39, 0.29) is 11.5 Å². The van der Waals surface area contributed by atoms with Crippen molar-refractivity contribution < 1.29 is 9.53 Å². The van der Waals surface area contributed by atoms with Crippen LogP contribution in [0.1, 0.15) is 33.1 Å². The SMILES string of the molecule is CCCC(=O)N1CCOC(CC)(CN)C1. The van der Waals surface area contributed by atoms with Crippen molar-refractivity contribution in [3.63, 3.8) is 0 Å². The van der Waals surface area contributed by atoms with Crippen LogP contribution < -0.4 is 5.73 Å². The standard InChI is InChI=1S/C11H22N2O2/c1-3-5-10(14)13-6-7-15-11(4-2,8-12)9-13/h3-9,12H2,1-2H3. The molecule has 1 aliphatic rings. The Bertz CT molecular complexity index is 215. The zero-order valence-electron chi connectivity index (χ0n) is 9.79. The molecule has 1 atom stereocenters. The van der Waals surface area contributed by atoms with E-state index in [1.54, 1.807) is 0 Å². The van der Waals surface area contributed by atoms with Gasteiger partial charge in [-0.15, -0.1) is 0 Å². The van der Waals surface area contributed by atoms with E-state index in [1.165, 1.54) is 0 Å². The Kier molecular flexibility index (Phi) is 4.54. The smallest absolute Gasteiger partial charge is 0.222 e. The lowest BCUT2D eigenvalue weighted by Crippen LogP contribution is -2.56. The highest BCUT2D eigenvalue weighted by molar-refractivity contribution is 5.76. The highest BCUT2D eigenvalue weighted by atomic mass is 16.5. The molecule has 0 aromatic heterocycles. The first-order valence-corrected chi connectivity index (χ1v) is 5.79. The van der Waals surface area contributed by atoms with Gasteiger partial charge in [-0.1, -0.05) is 13.8 Å². The Morgan fingerprint density at radius 1 is 1.53 bits per heavy atom. The molecule has 1 heterocycles. The molecule has 1 unspecified atom stereocenters. The van der Waals surface area contributed by atoms with Crippen LogP contribution in [-0.2, 0) is 9.53 Å². The van der Waals surface area contributed by atoms with Crippen molar-refractivity contribution in [2.24, 2.45) is 5.73 Å². The fraction of sp³-hybridized carbons (Fsp3) is 0.909. The molecule has 0 radical (unpaired) electrons. The number of hydrogen-bond donors (Lipinski definition) is 1.